The number of likely N-dealkylation sites (tertiary alicyclic amines) is 1. The quantitative estimate of drug-likeness (QED) is 0.901. The zero-order chi connectivity index (χ0) is 17.0. The summed E-state index contributed by atoms with van der Waals surface area (Å²) < 4.78 is 21.2. The van der Waals surface area contributed by atoms with Crippen LogP contribution < -0.4 is 4.74 Å². The number of benzene rings is 2. The summed E-state index contributed by atoms with van der Waals surface area (Å²) in [6.45, 7) is 4.70. The number of hydrogen-bond donors (Lipinski definition) is 1. The molecule has 128 valence electrons. The molecule has 24 heavy (non-hydrogen) atoms. The predicted octanol–water partition coefficient (Wildman–Crippen LogP) is 3.98. The van der Waals surface area contributed by atoms with E-state index in [9.17, 15) is 5.11 Å². The molecule has 1 aliphatic heterocycles. The Balaban J connectivity index is 1.55. The maximum atomic E-state index is 15.5. The third-order valence-corrected chi connectivity index (χ3v) is 4.85. The molecule has 2 aromatic carbocycles. The van der Waals surface area contributed by atoms with Crippen LogP contribution in [0, 0.1) is 5.92 Å². The number of phenolic OH excluding ortho intramolecular Hbond substituents is 1. The normalized spacial score (nSPS) is 24.7. The molecule has 0 saturated carbocycles. The standard InChI is InChI=1S/C20H24FNO2/c1-16-15-22(12-13-24-19-8-3-2-4-9-19)11-10-20(16,21)17-6-5-7-18(23)14-17/h2-9,14,16,23H,10-13,15H2,1H3. The van der Waals surface area contributed by atoms with Gasteiger partial charge >= 0.3 is 0 Å². The molecule has 2 atom stereocenters. The summed E-state index contributed by atoms with van der Waals surface area (Å²) in [6.07, 6.45) is 0.433. The van der Waals surface area contributed by atoms with Crippen LogP contribution in [-0.2, 0) is 5.67 Å². The molecule has 2 unspecified atom stereocenters. The third-order valence-electron chi connectivity index (χ3n) is 4.85. The van der Waals surface area contributed by atoms with Crippen LogP contribution in [0.5, 0.6) is 11.5 Å². The topological polar surface area (TPSA) is 32.7 Å². The summed E-state index contributed by atoms with van der Waals surface area (Å²) in [5, 5.41) is 9.63. The molecule has 4 heteroatoms. The zero-order valence-electron chi connectivity index (χ0n) is 14.0. The Morgan fingerprint density at radius 3 is 2.71 bits per heavy atom. The van der Waals surface area contributed by atoms with Crippen molar-refractivity contribution in [1.29, 1.82) is 0 Å². The van der Waals surface area contributed by atoms with Crippen LogP contribution in [0.4, 0.5) is 4.39 Å². The van der Waals surface area contributed by atoms with E-state index in [1.54, 1.807) is 24.3 Å². The van der Waals surface area contributed by atoms with Gasteiger partial charge in [-0.2, -0.15) is 0 Å². The Labute approximate surface area is 142 Å². The number of ether oxygens (including phenoxy) is 1. The smallest absolute Gasteiger partial charge is 0.141 e. The van der Waals surface area contributed by atoms with Crippen molar-refractivity contribution in [2.24, 2.45) is 5.92 Å². The Hall–Kier alpha value is -2.07. The second-order valence-electron chi connectivity index (χ2n) is 6.53. The number of para-hydroxylation sites is 1. The van der Waals surface area contributed by atoms with Gasteiger partial charge in [0.1, 0.15) is 23.8 Å². The Bertz CT molecular complexity index is 664. The molecular formula is C20H24FNO2. The summed E-state index contributed by atoms with van der Waals surface area (Å²) in [7, 11) is 0. The van der Waals surface area contributed by atoms with Gasteiger partial charge in [0.15, 0.2) is 0 Å². The van der Waals surface area contributed by atoms with Gasteiger partial charge in [-0.05, 0) is 36.2 Å². The molecule has 1 N–H and O–H groups in total. The Morgan fingerprint density at radius 2 is 2.00 bits per heavy atom. The minimum atomic E-state index is -1.38. The van der Waals surface area contributed by atoms with Gasteiger partial charge in [-0.25, -0.2) is 4.39 Å². The van der Waals surface area contributed by atoms with Crippen molar-refractivity contribution in [1.82, 2.24) is 4.90 Å². The first kappa shape index (κ1) is 16.8. The van der Waals surface area contributed by atoms with E-state index in [4.69, 9.17) is 4.74 Å². The fourth-order valence-corrected chi connectivity index (χ4v) is 3.40. The van der Waals surface area contributed by atoms with Crippen LogP contribution in [0.2, 0.25) is 0 Å². The third kappa shape index (κ3) is 3.70. The van der Waals surface area contributed by atoms with E-state index in [1.165, 1.54) is 0 Å². The number of hydrogen-bond acceptors (Lipinski definition) is 3. The molecular weight excluding hydrogens is 305 g/mol. The fraction of sp³-hybridized carbons (Fsp3) is 0.400. The molecule has 0 bridgehead atoms. The average Bonchev–Trinajstić information content (AvgIpc) is 2.59. The summed E-state index contributed by atoms with van der Waals surface area (Å²) >= 11 is 0. The first-order valence-corrected chi connectivity index (χ1v) is 8.46. The lowest BCUT2D eigenvalue weighted by Gasteiger charge is -2.41. The van der Waals surface area contributed by atoms with E-state index in [0.717, 1.165) is 12.3 Å². The highest BCUT2D eigenvalue weighted by Gasteiger charge is 2.42. The molecule has 0 radical (unpaired) electrons. The van der Waals surface area contributed by atoms with E-state index < -0.39 is 5.67 Å². The molecule has 0 spiro atoms. The number of phenols is 1. The summed E-state index contributed by atoms with van der Waals surface area (Å²) in [6, 6.07) is 16.3. The summed E-state index contributed by atoms with van der Waals surface area (Å²) in [4.78, 5) is 2.24. The maximum absolute atomic E-state index is 15.5. The van der Waals surface area contributed by atoms with Crippen molar-refractivity contribution >= 4 is 0 Å². The molecule has 3 rings (SSSR count). The van der Waals surface area contributed by atoms with Gasteiger partial charge in [-0.3, -0.25) is 4.90 Å². The molecule has 0 aromatic heterocycles. The van der Waals surface area contributed by atoms with Gasteiger partial charge in [0.2, 0.25) is 0 Å². The lowest BCUT2D eigenvalue weighted by Crippen LogP contribution is -2.47. The number of halogens is 1. The van der Waals surface area contributed by atoms with Crippen LogP contribution in [-0.4, -0.2) is 36.2 Å². The summed E-state index contributed by atoms with van der Waals surface area (Å²) in [5.41, 5.74) is -0.801. The van der Waals surface area contributed by atoms with Crippen molar-refractivity contribution < 1.29 is 14.2 Å². The Morgan fingerprint density at radius 1 is 1.21 bits per heavy atom. The fourth-order valence-electron chi connectivity index (χ4n) is 3.40. The SMILES string of the molecule is CC1CN(CCOc2ccccc2)CCC1(F)c1cccc(O)c1. The van der Waals surface area contributed by atoms with Gasteiger partial charge in [0.25, 0.3) is 0 Å². The Kier molecular flexibility index (Phi) is 5.05. The molecule has 0 amide bonds. The minimum Gasteiger partial charge on any atom is -0.508 e. The summed E-state index contributed by atoms with van der Waals surface area (Å²) in [5.74, 6) is 0.849. The first-order valence-electron chi connectivity index (χ1n) is 8.46. The molecule has 0 aliphatic carbocycles. The van der Waals surface area contributed by atoms with Gasteiger partial charge < -0.3 is 9.84 Å². The highest BCUT2D eigenvalue weighted by atomic mass is 19.1. The van der Waals surface area contributed by atoms with Crippen molar-refractivity contribution in [2.45, 2.75) is 19.0 Å². The molecule has 1 saturated heterocycles. The zero-order valence-corrected chi connectivity index (χ0v) is 14.0. The van der Waals surface area contributed by atoms with Gasteiger partial charge in [-0.1, -0.05) is 37.3 Å². The first-order chi connectivity index (χ1) is 11.6. The van der Waals surface area contributed by atoms with Crippen molar-refractivity contribution in [2.75, 3.05) is 26.2 Å². The molecule has 1 heterocycles. The number of piperidine rings is 1. The van der Waals surface area contributed by atoms with Crippen LogP contribution >= 0.6 is 0 Å². The molecule has 1 fully saturated rings. The molecule has 2 aromatic rings. The second-order valence-corrected chi connectivity index (χ2v) is 6.53. The van der Waals surface area contributed by atoms with Crippen LogP contribution in [0.25, 0.3) is 0 Å². The minimum absolute atomic E-state index is 0.121. The predicted molar refractivity (Wildman–Crippen MR) is 93.1 cm³/mol. The van der Waals surface area contributed by atoms with Gasteiger partial charge in [-0.15, -0.1) is 0 Å². The van der Waals surface area contributed by atoms with Crippen LogP contribution in [0.3, 0.4) is 0 Å². The van der Waals surface area contributed by atoms with E-state index in [1.807, 2.05) is 37.3 Å². The van der Waals surface area contributed by atoms with E-state index in [0.29, 0.717) is 31.7 Å². The molecule has 3 nitrogen and oxygen atoms in total. The van der Waals surface area contributed by atoms with Crippen LogP contribution in [0.15, 0.2) is 54.6 Å². The van der Waals surface area contributed by atoms with Crippen LogP contribution in [0.1, 0.15) is 18.9 Å². The number of aromatic hydroxyl groups is 1. The highest BCUT2D eigenvalue weighted by Crippen LogP contribution is 2.41. The van der Waals surface area contributed by atoms with Gasteiger partial charge in [0, 0.05) is 25.6 Å². The van der Waals surface area contributed by atoms with Crippen molar-refractivity contribution in [3.05, 3.63) is 60.2 Å². The number of alkyl halides is 1. The van der Waals surface area contributed by atoms with Gasteiger partial charge in [0.05, 0.1) is 0 Å². The van der Waals surface area contributed by atoms with Crippen molar-refractivity contribution in [3.63, 3.8) is 0 Å². The lowest BCUT2D eigenvalue weighted by molar-refractivity contribution is -0.00214. The molecule has 1 aliphatic rings. The van der Waals surface area contributed by atoms with E-state index >= 15 is 4.39 Å². The maximum Gasteiger partial charge on any atom is 0.141 e. The number of nitrogens with zero attached hydrogens (tertiary/aromatic N) is 1. The number of rotatable bonds is 5. The largest absolute Gasteiger partial charge is 0.508 e. The lowest BCUT2D eigenvalue weighted by atomic mass is 9.78. The average molecular weight is 329 g/mol. The second kappa shape index (κ2) is 7.22. The van der Waals surface area contributed by atoms with E-state index in [2.05, 4.69) is 4.90 Å². The van der Waals surface area contributed by atoms with Crippen molar-refractivity contribution in [3.8, 4) is 11.5 Å². The van der Waals surface area contributed by atoms with E-state index in [-0.39, 0.29) is 11.7 Å². The monoisotopic (exact) mass is 329 g/mol. The highest BCUT2D eigenvalue weighted by molar-refractivity contribution is 5.32.